The van der Waals surface area contributed by atoms with E-state index in [0.717, 1.165) is 18.4 Å². The Morgan fingerprint density at radius 1 is 1.10 bits per heavy atom. The molecule has 0 fully saturated rings. The zero-order chi connectivity index (χ0) is 21.2. The molecule has 0 bridgehead atoms. The third-order valence-electron chi connectivity index (χ3n) is 4.88. The van der Waals surface area contributed by atoms with Crippen molar-refractivity contribution in [1.82, 2.24) is 10.2 Å². The predicted molar refractivity (Wildman–Crippen MR) is 116 cm³/mol. The molecule has 0 radical (unpaired) electrons. The topological polar surface area (TPSA) is 70.7 Å². The van der Waals surface area contributed by atoms with Crippen LogP contribution in [0.2, 0.25) is 0 Å². The second-order valence-electron chi connectivity index (χ2n) is 7.13. The summed E-state index contributed by atoms with van der Waals surface area (Å²) in [4.78, 5) is 26.9. The molecule has 0 aliphatic heterocycles. The van der Waals surface area contributed by atoms with Crippen molar-refractivity contribution in [3.05, 3.63) is 60.2 Å². The largest absolute Gasteiger partial charge is 0.497 e. The van der Waals surface area contributed by atoms with Crippen molar-refractivity contribution in [2.24, 2.45) is 0 Å². The van der Waals surface area contributed by atoms with Gasteiger partial charge >= 0.3 is 0 Å². The highest BCUT2D eigenvalue weighted by Gasteiger charge is 2.23. The van der Waals surface area contributed by atoms with Gasteiger partial charge in [0.15, 0.2) is 0 Å². The molecule has 2 amide bonds. The lowest BCUT2D eigenvalue weighted by atomic mass is 10.0. The number of amides is 2. The van der Waals surface area contributed by atoms with Gasteiger partial charge in [-0.1, -0.05) is 49.7 Å². The summed E-state index contributed by atoms with van der Waals surface area (Å²) in [6.07, 6.45) is 1.83. The van der Waals surface area contributed by atoms with Crippen molar-refractivity contribution in [2.45, 2.75) is 38.8 Å². The number of methoxy groups -OCH3 is 1. The van der Waals surface area contributed by atoms with Gasteiger partial charge in [-0.2, -0.15) is 0 Å². The first-order valence-corrected chi connectivity index (χ1v) is 9.94. The highest BCUT2D eigenvalue weighted by molar-refractivity contribution is 5.93. The molecule has 2 atom stereocenters. The Morgan fingerprint density at radius 3 is 2.48 bits per heavy atom. The molecule has 0 aromatic heterocycles. The first kappa shape index (κ1) is 22.4. The molecule has 156 valence electrons. The van der Waals surface area contributed by atoms with E-state index in [1.165, 1.54) is 0 Å². The quantitative estimate of drug-likeness (QED) is 0.642. The second kappa shape index (κ2) is 11.2. The number of hydrogen-bond acceptors (Lipinski definition) is 4. The number of carbonyl (C=O) groups excluding carboxylic acids is 2. The third kappa shape index (κ3) is 6.91. The molecule has 2 rings (SSSR count). The molecule has 0 heterocycles. The van der Waals surface area contributed by atoms with Crippen LogP contribution in [-0.4, -0.2) is 43.5 Å². The Kier molecular flexibility index (Phi) is 8.68. The third-order valence-corrected chi connectivity index (χ3v) is 4.88. The van der Waals surface area contributed by atoms with E-state index in [4.69, 9.17) is 4.74 Å². The molecule has 2 aromatic carbocycles. The summed E-state index contributed by atoms with van der Waals surface area (Å²) < 4.78 is 5.17. The summed E-state index contributed by atoms with van der Waals surface area (Å²) in [6.45, 7) is 4.01. The van der Waals surface area contributed by atoms with Gasteiger partial charge in [-0.25, -0.2) is 0 Å². The van der Waals surface area contributed by atoms with Gasteiger partial charge < -0.3 is 15.4 Å². The van der Waals surface area contributed by atoms with Crippen LogP contribution in [-0.2, 0) is 9.59 Å². The fraction of sp³-hybridized carbons (Fsp3) is 0.391. The van der Waals surface area contributed by atoms with Gasteiger partial charge in [0.2, 0.25) is 11.8 Å². The summed E-state index contributed by atoms with van der Waals surface area (Å²) in [6, 6.07) is 16.7. The second-order valence-corrected chi connectivity index (χ2v) is 7.13. The van der Waals surface area contributed by atoms with Gasteiger partial charge in [0.1, 0.15) is 5.75 Å². The summed E-state index contributed by atoms with van der Waals surface area (Å²) in [5.41, 5.74) is 1.75. The molecule has 0 aliphatic rings. The number of anilines is 1. The first-order chi connectivity index (χ1) is 13.9. The van der Waals surface area contributed by atoms with Crippen molar-refractivity contribution >= 4 is 17.5 Å². The summed E-state index contributed by atoms with van der Waals surface area (Å²) in [7, 11) is 3.35. The van der Waals surface area contributed by atoms with E-state index in [2.05, 4.69) is 17.6 Å². The minimum Gasteiger partial charge on any atom is -0.497 e. The van der Waals surface area contributed by atoms with Crippen molar-refractivity contribution in [3.8, 4) is 5.75 Å². The van der Waals surface area contributed by atoms with Crippen molar-refractivity contribution < 1.29 is 14.3 Å². The van der Waals surface area contributed by atoms with E-state index >= 15 is 0 Å². The number of rotatable bonds is 10. The van der Waals surface area contributed by atoms with Gasteiger partial charge in [-0.05, 0) is 38.1 Å². The predicted octanol–water partition coefficient (Wildman–Crippen LogP) is 3.61. The smallest absolute Gasteiger partial charge is 0.238 e. The van der Waals surface area contributed by atoms with E-state index in [9.17, 15) is 9.59 Å². The van der Waals surface area contributed by atoms with Gasteiger partial charge in [0, 0.05) is 11.8 Å². The minimum absolute atomic E-state index is 0.0323. The lowest BCUT2D eigenvalue weighted by Crippen LogP contribution is -2.46. The van der Waals surface area contributed by atoms with Crippen LogP contribution >= 0.6 is 0 Å². The normalized spacial score (nSPS) is 12.9. The van der Waals surface area contributed by atoms with Gasteiger partial charge in [-0.3, -0.25) is 14.5 Å². The molecule has 2 aromatic rings. The zero-order valence-electron chi connectivity index (χ0n) is 17.6. The van der Waals surface area contributed by atoms with Crippen LogP contribution in [0.3, 0.4) is 0 Å². The Balaban J connectivity index is 1.92. The Labute approximate surface area is 173 Å². The minimum atomic E-state index is -0.436. The number of nitrogens with zero attached hydrogens (tertiary/aromatic N) is 1. The summed E-state index contributed by atoms with van der Waals surface area (Å²) in [5, 5.41) is 5.96. The zero-order valence-corrected chi connectivity index (χ0v) is 17.6. The van der Waals surface area contributed by atoms with E-state index in [-0.39, 0.29) is 24.4 Å². The highest BCUT2D eigenvalue weighted by atomic mass is 16.5. The number of carbonyl (C=O) groups is 2. The molecule has 29 heavy (non-hydrogen) atoms. The summed E-state index contributed by atoms with van der Waals surface area (Å²) in [5.74, 6) is 0.393. The van der Waals surface area contributed by atoms with Crippen LogP contribution in [0, 0.1) is 0 Å². The van der Waals surface area contributed by atoms with Crippen molar-refractivity contribution in [2.75, 3.05) is 26.0 Å². The molecule has 0 aliphatic carbocycles. The molecule has 6 nitrogen and oxygen atoms in total. The maximum absolute atomic E-state index is 12.8. The number of nitrogens with one attached hydrogen (secondary N) is 2. The molecule has 0 saturated heterocycles. The number of benzene rings is 2. The SMILES string of the molecule is CCC[C@H](NC(=O)[C@@H](C)N(C)CC(=O)Nc1cccc(OC)c1)c1ccccc1. The molecular weight excluding hydrogens is 366 g/mol. The van der Waals surface area contributed by atoms with E-state index in [0.29, 0.717) is 11.4 Å². The average Bonchev–Trinajstić information content (AvgIpc) is 2.73. The molecule has 6 heteroatoms. The van der Waals surface area contributed by atoms with Crippen LogP contribution in [0.5, 0.6) is 5.75 Å². The molecular formula is C23H31N3O3. The maximum Gasteiger partial charge on any atom is 0.238 e. The summed E-state index contributed by atoms with van der Waals surface area (Å²) >= 11 is 0. The van der Waals surface area contributed by atoms with E-state index in [1.54, 1.807) is 31.2 Å². The van der Waals surface area contributed by atoms with Crippen molar-refractivity contribution in [3.63, 3.8) is 0 Å². The monoisotopic (exact) mass is 397 g/mol. The van der Waals surface area contributed by atoms with Crippen LogP contribution in [0.4, 0.5) is 5.69 Å². The fourth-order valence-corrected chi connectivity index (χ4v) is 3.05. The van der Waals surface area contributed by atoms with E-state index < -0.39 is 6.04 Å². The number of ether oxygens (including phenoxy) is 1. The van der Waals surface area contributed by atoms with Crippen LogP contribution in [0.15, 0.2) is 54.6 Å². The lowest BCUT2D eigenvalue weighted by molar-refractivity contribution is -0.127. The molecule has 0 saturated carbocycles. The fourth-order valence-electron chi connectivity index (χ4n) is 3.05. The Bertz CT molecular complexity index is 795. The van der Waals surface area contributed by atoms with Crippen molar-refractivity contribution in [1.29, 1.82) is 0 Å². The van der Waals surface area contributed by atoms with Gasteiger partial charge in [-0.15, -0.1) is 0 Å². The van der Waals surface area contributed by atoms with Crippen LogP contribution in [0.1, 0.15) is 38.3 Å². The van der Waals surface area contributed by atoms with E-state index in [1.807, 2.05) is 49.4 Å². The highest BCUT2D eigenvalue weighted by Crippen LogP contribution is 2.19. The molecule has 2 N–H and O–H groups in total. The lowest BCUT2D eigenvalue weighted by Gasteiger charge is -2.26. The number of hydrogen-bond donors (Lipinski definition) is 2. The average molecular weight is 398 g/mol. The Hall–Kier alpha value is -2.86. The first-order valence-electron chi connectivity index (χ1n) is 9.94. The number of likely N-dealkylation sites (N-methyl/N-ethyl adjacent to an activating group) is 1. The maximum atomic E-state index is 12.8. The Morgan fingerprint density at radius 2 is 1.83 bits per heavy atom. The van der Waals surface area contributed by atoms with Crippen LogP contribution in [0.25, 0.3) is 0 Å². The van der Waals surface area contributed by atoms with Gasteiger partial charge in [0.05, 0.1) is 25.7 Å². The molecule has 0 spiro atoms. The standard InChI is InChI=1S/C23H31N3O3/c1-5-10-21(18-11-7-6-8-12-18)25-23(28)17(2)26(3)16-22(27)24-19-13-9-14-20(15-19)29-4/h6-9,11-15,17,21H,5,10,16H2,1-4H3,(H,24,27)(H,25,28)/t17-,21+/m1/s1. The van der Waals surface area contributed by atoms with Crippen LogP contribution < -0.4 is 15.4 Å². The molecule has 0 unspecified atom stereocenters. The van der Waals surface area contributed by atoms with Gasteiger partial charge in [0.25, 0.3) is 0 Å².